The first-order chi connectivity index (χ1) is 8.66. The first kappa shape index (κ1) is 12.9. The van der Waals surface area contributed by atoms with Crippen molar-refractivity contribution in [3.05, 3.63) is 35.9 Å². The highest BCUT2D eigenvalue weighted by atomic mass is 16.5. The third kappa shape index (κ3) is 3.23. The Kier molecular flexibility index (Phi) is 4.20. The van der Waals surface area contributed by atoms with E-state index in [1.54, 1.807) is 0 Å². The standard InChI is InChI=1S/C14H20N2O2/c1-11(2)15-14(17)16-8-9-18-13(10-16)12-6-4-3-5-7-12/h3-7,11,13H,8-10H2,1-2H3,(H,15,17). The molecule has 1 aliphatic heterocycles. The van der Waals surface area contributed by atoms with Gasteiger partial charge in [0.05, 0.1) is 13.2 Å². The van der Waals surface area contributed by atoms with Crippen molar-refractivity contribution in [1.29, 1.82) is 0 Å². The van der Waals surface area contributed by atoms with E-state index in [0.29, 0.717) is 19.7 Å². The van der Waals surface area contributed by atoms with Gasteiger partial charge in [-0.1, -0.05) is 30.3 Å². The van der Waals surface area contributed by atoms with Crippen molar-refractivity contribution >= 4 is 6.03 Å². The van der Waals surface area contributed by atoms with Crippen molar-refractivity contribution in [3.8, 4) is 0 Å². The molecule has 4 nitrogen and oxygen atoms in total. The summed E-state index contributed by atoms with van der Waals surface area (Å²) >= 11 is 0. The lowest BCUT2D eigenvalue weighted by atomic mass is 10.1. The zero-order valence-corrected chi connectivity index (χ0v) is 10.9. The molecule has 0 bridgehead atoms. The number of urea groups is 1. The minimum absolute atomic E-state index is 0.00534. The average molecular weight is 248 g/mol. The maximum Gasteiger partial charge on any atom is 0.317 e. The molecule has 1 heterocycles. The fourth-order valence-electron chi connectivity index (χ4n) is 2.04. The molecule has 1 fully saturated rings. The van der Waals surface area contributed by atoms with Crippen LogP contribution in [0.15, 0.2) is 30.3 Å². The lowest BCUT2D eigenvalue weighted by molar-refractivity contribution is -0.0156. The minimum atomic E-state index is -0.0159. The van der Waals surface area contributed by atoms with Crippen LogP contribution in [0.4, 0.5) is 4.79 Å². The SMILES string of the molecule is CC(C)NC(=O)N1CCOC(c2ccccc2)C1. The predicted octanol–water partition coefficient (Wildman–Crippen LogP) is 2.18. The van der Waals surface area contributed by atoms with E-state index in [1.807, 2.05) is 49.1 Å². The van der Waals surface area contributed by atoms with Crippen LogP contribution in [0, 0.1) is 0 Å². The Labute approximate surface area is 108 Å². The summed E-state index contributed by atoms with van der Waals surface area (Å²) < 4.78 is 5.73. The van der Waals surface area contributed by atoms with Crippen LogP contribution in [0.5, 0.6) is 0 Å². The summed E-state index contributed by atoms with van der Waals surface area (Å²) in [5.74, 6) is 0. The molecule has 2 amide bonds. The van der Waals surface area contributed by atoms with Crippen LogP contribution >= 0.6 is 0 Å². The van der Waals surface area contributed by atoms with E-state index in [4.69, 9.17) is 4.74 Å². The number of benzene rings is 1. The molecule has 1 aliphatic rings. The van der Waals surface area contributed by atoms with Gasteiger partial charge in [0.2, 0.25) is 0 Å². The second kappa shape index (κ2) is 5.87. The molecule has 4 heteroatoms. The molecular formula is C14H20N2O2. The van der Waals surface area contributed by atoms with E-state index in [1.165, 1.54) is 0 Å². The second-order valence-electron chi connectivity index (χ2n) is 4.82. The van der Waals surface area contributed by atoms with E-state index in [2.05, 4.69) is 5.32 Å². The van der Waals surface area contributed by atoms with Crippen molar-refractivity contribution in [3.63, 3.8) is 0 Å². The molecule has 1 atom stereocenters. The highest BCUT2D eigenvalue weighted by molar-refractivity contribution is 5.74. The molecule has 18 heavy (non-hydrogen) atoms. The summed E-state index contributed by atoms with van der Waals surface area (Å²) in [6, 6.07) is 10.2. The zero-order valence-electron chi connectivity index (χ0n) is 10.9. The number of carbonyl (C=O) groups is 1. The highest BCUT2D eigenvalue weighted by Crippen LogP contribution is 2.21. The van der Waals surface area contributed by atoms with Crippen LogP contribution in [0.3, 0.4) is 0 Å². The third-order valence-electron chi connectivity index (χ3n) is 2.94. The maximum absolute atomic E-state index is 11.9. The van der Waals surface area contributed by atoms with Crippen LogP contribution in [0.1, 0.15) is 25.5 Å². The maximum atomic E-state index is 11.9. The summed E-state index contributed by atoms with van der Waals surface area (Å²) in [6.45, 7) is 5.79. The van der Waals surface area contributed by atoms with Gasteiger partial charge in [0.15, 0.2) is 0 Å². The van der Waals surface area contributed by atoms with Crippen LogP contribution in [0.25, 0.3) is 0 Å². The van der Waals surface area contributed by atoms with Crippen molar-refractivity contribution in [2.45, 2.75) is 26.0 Å². The van der Waals surface area contributed by atoms with Gasteiger partial charge in [-0.25, -0.2) is 4.79 Å². The highest BCUT2D eigenvalue weighted by Gasteiger charge is 2.25. The van der Waals surface area contributed by atoms with Gasteiger partial charge in [-0.3, -0.25) is 0 Å². The Morgan fingerprint density at radius 3 is 2.78 bits per heavy atom. The third-order valence-corrected chi connectivity index (χ3v) is 2.94. The van der Waals surface area contributed by atoms with Crippen LogP contribution in [-0.2, 0) is 4.74 Å². The first-order valence-electron chi connectivity index (χ1n) is 6.39. The molecule has 1 aromatic carbocycles. The number of nitrogens with one attached hydrogen (secondary N) is 1. The van der Waals surface area contributed by atoms with Crippen molar-refractivity contribution in [1.82, 2.24) is 10.2 Å². The molecular weight excluding hydrogens is 228 g/mol. The summed E-state index contributed by atoms with van der Waals surface area (Å²) in [7, 11) is 0. The second-order valence-corrected chi connectivity index (χ2v) is 4.82. The number of nitrogens with zero attached hydrogens (tertiary/aromatic N) is 1. The number of hydrogen-bond donors (Lipinski definition) is 1. The minimum Gasteiger partial charge on any atom is -0.370 e. The largest absolute Gasteiger partial charge is 0.370 e. The van der Waals surface area contributed by atoms with E-state index >= 15 is 0 Å². The summed E-state index contributed by atoms with van der Waals surface area (Å²) in [5.41, 5.74) is 1.12. The molecule has 2 rings (SSSR count). The van der Waals surface area contributed by atoms with Gasteiger partial charge < -0.3 is 15.0 Å². The Morgan fingerprint density at radius 2 is 2.11 bits per heavy atom. The Hall–Kier alpha value is -1.55. The fraction of sp³-hybridized carbons (Fsp3) is 0.500. The molecule has 1 unspecified atom stereocenters. The molecule has 0 spiro atoms. The molecule has 0 saturated carbocycles. The number of morpholine rings is 1. The van der Waals surface area contributed by atoms with Gasteiger partial charge in [0.1, 0.15) is 6.10 Å². The Morgan fingerprint density at radius 1 is 1.39 bits per heavy atom. The topological polar surface area (TPSA) is 41.6 Å². The number of amides is 2. The summed E-state index contributed by atoms with van der Waals surface area (Å²) in [4.78, 5) is 13.8. The van der Waals surface area contributed by atoms with Gasteiger partial charge in [0.25, 0.3) is 0 Å². The van der Waals surface area contributed by atoms with Crippen LogP contribution in [-0.4, -0.2) is 36.7 Å². The monoisotopic (exact) mass is 248 g/mol. The number of hydrogen-bond acceptors (Lipinski definition) is 2. The molecule has 0 radical (unpaired) electrons. The first-order valence-corrected chi connectivity index (χ1v) is 6.39. The van der Waals surface area contributed by atoms with Crippen molar-refractivity contribution in [2.75, 3.05) is 19.7 Å². The average Bonchev–Trinajstić information content (AvgIpc) is 2.39. The van der Waals surface area contributed by atoms with E-state index in [0.717, 1.165) is 5.56 Å². The lowest BCUT2D eigenvalue weighted by Gasteiger charge is -2.33. The molecule has 1 aromatic rings. The smallest absolute Gasteiger partial charge is 0.317 e. The summed E-state index contributed by atoms with van der Waals surface area (Å²) in [5, 5.41) is 2.92. The Bertz CT molecular complexity index is 392. The zero-order chi connectivity index (χ0) is 13.0. The van der Waals surface area contributed by atoms with Gasteiger partial charge in [-0.15, -0.1) is 0 Å². The van der Waals surface area contributed by atoms with Crippen molar-refractivity contribution in [2.24, 2.45) is 0 Å². The van der Waals surface area contributed by atoms with Crippen LogP contribution < -0.4 is 5.32 Å². The van der Waals surface area contributed by atoms with Gasteiger partial charge in [0, 0.05) is 12.6 Å². The van der Waals surface area contributed by atoms with E-state index in [-0.39, 0.29) is 18.2 Å². The molecule has 0 aliphatic carbocycles. The fourth-order valence-corrected chi connectivity index (χ4v) is 2.04. The quantitative estimate of drug-likeness (QED) is 0.871. The van der Waals surface area contributed by atoms with Crippen LogP contribution in [0.2, 0.25) is 0 Å². The number of ether oxygens (including phenoxy) is 1. The van der Waals surface area contributed by atoms with Gasteiger partial charge in [-0.05, 0) is 19.4 Å². The number of rotatable bonds is 2. The normalized spacial score (nSPS) is 19.9. The molecule has 1 N–H and O–H groups in total. The molecule has 0 aromatic heterocycles. The van der Waals surface area contributed by atoms with E-state index in [9.17, 15) is 4.79 Å². The lowest BCUT2D eigenvalue weighted by Crippen LogP contribution is -2.48. The molecule has 98 valence electrons. The summed E-state index contributed by atoms with van der Waals surface area (Å²) in [6.07, 6.45) is -0.0159. The van der Waals surface area contributed by atoms with E-state index < -0.39 is 0 Å². The Balaban J connectivity index is 1.98. The van der Waals surface area contributed by atoms with Crippen molar-refractivity contribution < 1.29 is 9.53 Å². The van der Waals surface area contributed by atoms with Gasteiger partial charge >= 0.3 is 6.03 Å². The molecule has 1 saturated heterocycles. The van der Waals surface area contributed by atoms with Gasteiger partial charge in [-0.2, -0.15) is 0 Å². The predicted molar refractivity (Wildman–Crippen MR) is 70.4 cm³/mol. The number of carbonyl (C=O) groups excluding carboxylic acids is 1.